The van der Waals surface area contributed by atoms with Crippen LogP contribution in [0.1, 0.15) is 151 Å². The summed E-state index contributed by atoms with van der Waals surface area (Å²) in [5.41, 5.74) is 8.66. The second-order valence-corrected chi connectivity index (χ2v) is 28.0. The molecular formula is C81H126N12O17S3. The number of aliphatic hydroxyl groups excluding tert-OH is 1. The third-order valence-electron chi connectivity index (χ3n) is 17.1. The van der Waals surface area contributed by atoms with Crippen molar-refractivity contribution in [3.8, 4) is 0 Å². The SMILES string of the molecule is CCCOCCO.CCCOCCOCC.CCOCCOCCN.[C-]#[N+]c1ccc(N2C(=O)C(C)(C)N(CCCC(=O)NCCOCCOCC)C2=S)cc1C.[C-]#[N+]c1ccc(N2C(=O)C(C)(C)N(CCCC(=O)NCCOCCOCC)C2=S)cc1C.[C-]#[N+]c1ccc(N2C(=O)C(C)(C)N(CCCC(=O)O)C2=S)cc1C. The van der Waals surface area contributed by atoms with Gasteiger partial charge in [-0.1, -0.05) is 32.0 Å². The van der Waals surface area contributed by atoms with E-state index >= 15 is 0 Å². The normalized spacial score (nSPS) is 14.3. The zero-order valence-corrected chi connectivity index (χ0v) is 71.8. The number of hydrogen-bond donors (Lipinski definition) is 5. The van der Waals surface area contributed by atoms with Gasteiger partial charge in [-0.2, -0.15) is 0 Å². The molecule has 0 atom stereocenters. The number of carbonyl (C=O) groups is 6. The lowest BCUT2D eigenvalue weighted by Crippen LogP contribution is -2.44. The van der Waals surface area contributed by atoms with Crippen molar-refractivity contribution in [1.82, 2.24) is 25.3 Å². The van der Waals surface area contributed by atoms with Crippen molar-refractivity contribution < 1.29 is 81.6 Å². The summed E-state index contributed by atoms with van der Waals surface area (Å²) in [5, 5.41) is 23.8. The van der Waals surface area contributed by atoms with Crippen LogP contribution in [0.15, 0.2) is 54.6 Å². The average Bonchev–Trinajstić information content (AvgIpc) is 1.62. The monoisotopic (exact) mass is 1630 g/mol. The molecule has 3 heterocycles. The predicted octanol–water partition coefficient (Wildman–Crippen LogP) is 11.4. The number of benzene rings is 3. The second-order valence-electron chi connectivity index (χ2n) is 26.9. The average molecular weight is 1640 g/mol. The highest BCUT2D eigenvalue weighted by atomic mass is 32.1. The standard InChI is InChI=1S/2C23H32N4O4S.C17H19N3O3S.C7H16O2.C6H15NO2.C5H12O2/c2*1-6-30-14-15-31-13-11-25-20(28)8-7-12-26-22(32)27(21(29)23(26,3)4)18-9-10-19(24-5)17(2)16-18;1-11-10-12(7-8-13(11)18-4)20-15(23)17(2,3)19(16(20)24)9-5-6-14(21)22;1-3-5-9-7-6-8-4-2;1-2-8-5-6-9-4-3-7;1-2-4-7-5-3-6/h2*9-10,16H,6-8,11-15H2,1-4H3,(H,25,28);7-8,10H,5-6,9H2,1-3H3,(H,21,22);3-7H2,1-2H3;2-7H2,1H3;6H,2-5H2,1H3. The maximum atomic E-state index is 13.1. The highest BCUT2D eigenvalue weighted by Crippen LogP contribution is 2.38. The highest BCUT2D eigenvalue weighted by Gasteiger charge is 2.51. The number of nitrogens with two attached hydrogens (primary N) is 1. The Morgan fingerprint density at radius 1 is 0.434 bits per heavy atom. The summed E-state index contributed by atoms with van der Waals surface area (Å²) < 4.78 is 46.3. The summed E-state index contributed by atoms with van der Waals surface area (Å²) in [6.45, 7) is 64.3. The van der Waals surface area contributed by atoms with Gasteiger partial charge in [0.1, 0.15) is 16.6 Å². The van der Waals surface area contributed by atoms with E-state index in [-0.39, 0.29) is 42.6 Å². The molecular weight excluding hydrogens is 1510 g/mol. The maximum absolute atomic E-state index is 13.1. The molecule has 32 heteroatoms. The summed E-state index contributed by atoms with van der Waals surface area (Å²) in [6.07, 6.45) is 4.36. The Balaban J connectivity index is 0.000000738. The van der Waals surface area contributed by atoms with Crippen LogP contribution in [0, 0.1) is 40.5 Å². The molecule has 113 heavy (non-hydrogen) atoms. The summed E-state index contributed by atoms with van der Waals surface area (Å²) in [7, 11) is 0. The lowest BCUT2D eigenvalue weighted by molar-refractivity contribution is -0.137. The van der Waals surface area contributed by atoms with Crippen LogP contribution in [0.2, 0.25) is 0 Å². The number of aliphatic hydroxyl groups is 1. The molecule has 6 rings (SSSR count). The van der Waals surface area contributed by atoms with Crippen LogP contribution >= 0.6 is 36.7 Å². The Hall–Kier alpha value is -7.82. The van der Waals surface area contributed by atoms with E-state index < -0.39 is 22.6 Å². The molecule has 29 nitrogen and oxygen atoms in total. The lowest BCUT2D eigenvalue weighted by atomic mass is 10.0. The topological polar surface area (TPSA) is 309 Å². The number of nitrogens with one attached hydrogen (secondary N) is 2. The van der Waals surface area contributed by atoms with Crippen LogP contribution in [-0.2, 0) is 71.4 Å². The number of carboxylic acid groups (broad SMARTS) is 1. The molecule has 0 unspecified atom stereocenters. The fourth-order valence-electron chi connectivity index (χ4n) is 10.9. The van der Waals surface area contributed by atoms with Crippen molar-refractivity contribution in [2.75, 3.05) is 179 Å². The zero-order valence-electron chi connectivity index (χ0n) is 69.4. The third kappa shape index (κ3) is 36.3. The number of nitrogens with zero attached hydrogens (tertiary/aromatic N) is 9. The van der Waals surface area contributed by atoms with Gasteiger partial charge in [-0.05, 0) is 212 Å². The molecule has 5 amide bonds. The number of carbonyl (C=O) groups excluding carboxylic acids is 5. The number of thiocarbonyl (C=S) groups is 3. The highest BCUT2D eigenvalue weighted by molar-refractivity contribution is 7.81. The first-order valence-electron chi connectivity index (χ1n) is 38.6. The van der Waals surface area contributed by atoms with Gasteiger partial charge in [-0.25, -0.2) is 14.5 Å². The molecule has 3 aliphatic rings. The van der Waals surface area contributed by atoms with Gasteiger partial charge in [0.25, 0.3) is 17.7 Å². The maximum Gasteiger partial charge on any atom is 0.303 e. The van der Waals surface area contributed by atoms with E-state index in [1.165, 1.54) is 14.7 Å². The van der Waals surface area contributed by atoms with E-state index in [1.54, 1.807) is 73.3 Å². The summed E-state index contributed by atoms with van der Waals surface area (Å²) >= 11 is 16.7. The van der Waals surface area contributed by atoms with E-state index in [4.69, 9.17) is 115 Å². The van der Waals surface area contributed by atoms with E-state index in [0.29, 0.717) is 200 Å². The number of rotatable bonds is 45. The second kappa shape index (κ2) is 58.1. The van der Waals surface area contributed by atoms with Gasteiger partial charge in [0.2, 0.25) is 11.8 Å². The molecule has 3 aliphatic heterocycles. The van der Waals surface area contributed by atoms with Gasteiger partial charge >= 0.3 is 5.97 Å². The summed E-state index contributed by atoms with van der Waals surface area (Å²) in [4.78, 5) is 94.4. The molecule has 3 fully saturated rings. The number of carboxylic acids is 1. The van der Waals surface area contributed by atoms with Crippen LogP contribution in [-0.4, -0.2) is 257 Å². The first kappa shape index (κ1) is 103. The first-order valence-corrected chi connectivity index (χ1v) is 39.8. The largest absolute Gasteiger partial charge is 0.481 e. The van der Waals surface area contributed by atoms with Crippen molar-refractivity contribution >= 4 is 122 Å². The number of hydrogen-bond acceptors (Lipinski definition) is 20. The third-order valence-corrected chi connectivity index (χ3v) is 18.3. The Kier molecular flexibility index (Phi) is 53.0. The van der Waals surface area contributed by atoms with Gasteiger partial charge in [-0.15, -0.1) is 0 Å². The van der Waals surface area contributed by atoms with Crippen LogP contribution in [0.4, 0.5) is 34.1 Å². The molecule has 3 saturated heterocycles. The molecule has 6 N–H and O–H groups in total. The Labute approximate surface area is 687 Å². The van der Waals surface area contributed by atoms with Crippen molar-refractivity contribution in [3.63, 3.8) is 0 Å². The summed E-state index contributed by atoms with van der Waals surface area (Å²) in [5.74, 6) is -1.38. The Morgan fingerprint density at radius 3 is 0.965 bits per heavy atom. The quantitative estimate of drug-likeness (QED) is 0.0199. The van der Waals surface area contributed by atoms with Crippen LogP contribution < -0.4 is 31.1 Å². The molecule has 0 bridgehead atoms. The van der Waals surface area contributed by atoms with Crippen LogP contribution in [0.5, 0.6) is 0 Å². The number of amides is 5. The number of aliphatic carboxylic acids is 1. The number of ether oxygens (including phenoxy) is 9. The molecule has 630 valence electrons. The minimum absolute atomic E-state index is 0.0300. The van der Waals surface area contributed by atoms with Gasteiger partial charge in [0.15, 0.2) is 32.4 Å². The number of anilines is 3. The van der Waals surface area contributed by atoms with Crippen molar-refractivity contribution in [2.45, 2.75) is 172 Å². The Bertz CT molecular complexity index is 3380. The molecule has 0 aromatic heterocycles. The van der Waals surface area contributed by atoms with E-state index in [9.17, 15) is 28.8 Å². The van der Waals surface area contributed by atoms with Gasteiger partial charge in [0, 0.05) is 115 Å². The van der Waals surface area contributed by atoms with Crippen LogP contribution in [0.3, 0.4) is 0 Å². The zero-order chi connectivity index (χ0) is 85.0. The molecule has 0 spiro atoms. The minimum Gasteiger partial charge on any atom is -0.481 e. The van der Waals surface area contributed by atoms with E-state index in [0.717, 1.165) is 69.2 Å². The Morgan fingerprint density at radius 2 is 0.708 bits per heavy atom. The predicted molar refractivity (Wildman–Crippen MR) is 453 cm³/mol. The van der Waals surface area contributed by atoms with Gasteiger partial charge in [-0.3, -0.25) is 43.5 Å². The molecule has 3 aromatic carbocycles. The van der Waals surface area contributed by atoms with E-state index in [1.807, 2.05) is 92.9 Å². The molecule has 0 aliphatic carbocycles. The van der Waals surface area contributed by atoms with Gasteiger partial charge in [0.05, 0.1) is 106 Å². The molecule has 3 aromatic rings. The van der Waals surface area contributed by atoms with Crippen molar-refractivity contribution in [2.24, 2.45) is 5.73 Å². The number of aryl methyl sites for hydroxylation is 3. The smallest absolute Gasteiger partial charge is 0.303 e. The summed E-state index contributed by atoms with van der Waals surface area (Å²) in [6, 6.07) is 15.7. The molecule has 0 saturated carbocycles. The fraction of sp³-hybridized carbons (Fsp3) is 0.630. The minimum atomic E-state index is -0.869. The van der Waals surface area contributed by atoms with Crippen molar-refractivity contribution in [1.29, 1.82) is 0 Å². The first-order chi connectivity index (χ1) is 53.9. The fourth-order valence-corrected chi connectivity index (χ4v) is 12.4. The van der Waals surface area contributed by atoms with Gasteiger partial charge < -0.3 is 83.9 Å². The van der Waals surface area contributed by atoms with E-state index in [2.05, 4.69) is 32.1 Å². The lowest BCUT2D eigenvalue weighted by Gasteiger charge is -2.29. The van der Waals surface area contributed by atoms with Crippen molar-refractivity contribution in [3.05, 3.63) is 106 Å². The van der Waals surface area contributed by atoms with Crippen LogP contribution in [0.25, 0.3) is 14.5 Å². The molecule has 0 radical (unpaired) electrons.